The van der Waals surface area contributed by atoms with Crippen molar-refractivity contribution in [2.24, 2.45) is 0 Å². The molecule has 0 bridgehead atoms. The van der Waals surface area contributed by atoms with E-state index in [2.05, 4.69) is 5.32 Å². The molecular formula is C9H19NO3S. The number of rotatable bonds is 6. The number of amides is 1. The van der Waals surface area contributed by atoms with Crippen molar-refractivity contribution in [3.8, 4) is 0 Å². The zero-order chi connectivity index (χ0) is 11.1. The molecule has 0 spiro atoms. The minimum atomic E-state index is -0.904. The van der Waals surface area contributed by atoms with Gasteiger partial charge in [0.15, 0.2) is 0 Å². The smallest absolute Gasteiger partial charge is 0.220 e. The summed E-state index contributed by atoms with van der Waals surface area (Å²) in [4.78, 5) is 11.2. The Labute approximate surface area is 87.5 Å². The molecule has 4 nitrogen and oxygen atoms in total. The lowest BCUT2D eigenvalue weighted by Crippen LogP contribution is -2.32. The van der Waals surface area contributed by atoms with Crippen LogP contribution in [0.1, 0.15) is 26.7 Å². The molecule has 0 aromatic rings. The van der Waals surface area contributed by atoms with Gasteiger partial charge < -0.3 is 10.4 Å². The van der Waals surface area contributed by atoms with Crippen molar-refractivity contribution < 1.29 is 14.1 Å². The monoisotopic (exact) mass is 221 g/mol. The maximum atomic E-state index is 11.2. The van der Waals surface area contributed by atoms with Crippen LogP contribution in [0.4, 0.5) is 0 Å². The Morgan fingerprint density at radius 3 is 2.50 bits per heavy atom. The Kier molecular flexibility index (Phi) is 6.74. The molecule has 0 saturated carbocycles. The third-order valence-corrected chi connectivity index (χ3v) is 3.24. The molecule has 0 fully saturated rings. The van der Waals surface area contributed by atoms with Crippen LogP contribution >= 0.6 is 0 Å². The van der Waals surface area contributed by atoms with Gasteiger partial charge in [-0.15, -0.1) is 0 Å². The Morgan fingerprint density at radius 1 is 1.50 bits per heavy atom. The van der Waals surface area contributed by atoms with Gasteiger partial charge in [0, 0.05) is 35.3 Å². The highest BCUT2D eigenvalue weighted by Crippen LogP contribution is 1.96. The van der Waals surface area contributed by atoms with Crippen LogP contribution in [0.25, 0.3) is 0 Å². The fraction of sp³-hybridized carbons (Fsp3) is 0.889. The quantitative estimate of drug-likeness (QED) is 0.665. The number of carbonyl (C=O) groups is 1. The molecule has 1 amide bonds. The van der Waals surface area contributed by atoms with Gasteiger partial charge in [0.25, 0.3) is 0 Å². The van der Waals surface area contributed by atoms with Gasteiger partial charge in [0.2, 0.25) is 5.91 Å². The second-order valence-electron chi connectivity index (χ2n) is 3.50. The standard InChI is InChI=1S/C9H19NO3S/c1-7(11)4-5-9(12)10-6-8(2)14(3)13/h7-8,11H,4-6H2,1-3H3,(H,10,12). The van der Waals surface area contributed by atoms with Gasteiger partial charge in [-0.05, 0) is 20.3 Å². The normalized spacial score (nSPS) is 17.1. The van der Waals surface area contributed by atoms with E-state index in [-0.39, 0.29) is 11.2 Å². The van der Waals surface area contributed by atoms with Crippen molar-refractivity contribution in [1.82, 2.24) is 5.32 Å². The second-order valence-corrected chi connectivity index (χ2v) is 5.30. The van der Waals surface area contributed by atoms with E-state index < -0.39 is 16.9 Å². The molecule has 0 aliphatic heterocycles. The van der Waals surface area contributed by atoms with Gasteiger partial charge in [-0.25, -0.2) is 0 Å². The fourth-order valence-electron chi connectivity index (χ4n) is 0.803. The summed E-state index contributed by atoms with van der Waals surface area (Å²) in [5, 5.41) is 11.6. The Morgan fingerprint density at radius 2 is 2.07 bits per heavy atom. The molecule has 0 aromatic heterocycles. The zero-order valence-corrected chi connectivity index (χ0v) is 9.76. The lowest BCUT2D eigenvalue weighted by atomic mass is 10.2. The lowest BCUT2D eigenvalue weighted by molar-refractivity contribution is -0.121. The van der Waals surface area contributed by atoms with Crippen molar-refractivity contribution >= 4 is 16.7 Å². The highest BCUT2D eigenvalue weighted by Gasteiger charge is 2.08. The van der Waals surface area contributed by atoms with E-state index >= 15 is 0 Å². The highest BCUT2D eigenvalue weighted by molar-refractivity contribution is 7.84. The van der Waals surface area contributed by atoms with Crippen molar-refractivity contribution in [2.45, 2.75) is 38.0 Å². The largest absolute Gasteiger partial charge is 0.393 e. The van der Waals surface area contributed by atoms with Crippen LogP contribution in [0.5, 0.6) is 0 Å². The number of aliphatic hydroxyl groups is 1. The average Bonchev–Trinajstić information content (AvgIpc) is 2.10. The summed E-state index contributed by atoms with van der Waals surface area (Å²) in [6.45, 7) is 3.91. The molecule has 2 N–H and O–H groups in total. The summed E-state index contributed by atoms with van der Waals surface area (Å²) in [6.07, 6.45) is 1.96. The number of hydrogen-bond donors (Lipinski definition) is 2. The number of aliphatic hydroxyl groups excluding tert-OH is 1. The third-order valence-electron chi connectivity index (χ3n) is 1.94. The molecule has 0 rings (SSSR count). The SMILES string of the molecule is CC(O)CCC(=O)NCC(C)S(C)=O. The van der Waals surface area contributed by atoms with Crippen molar-refractivity contribution in [2.75, 3.05) is 12.8 Å². The Bertz CT molecular complexity index is 206. The van der Waals surface area contributed by atoms with Crippen LogP contribution in [0.15, 0.2) is 0 Å². The van der Waals surface area contributed by atoms with E-state index in [4.69, 9.17) is 5.11 Å². The van der Waals surface area contributed by atoms with E-state index in [1.54, 1.807) is 13.2 Å². The van der Waals surface area contributed by atoms with Crippen LogP contribution in [0, 0.1) is 0 Å². The summed E-state index contributed by atoms with van der Waals surface area (Å²) in [5.41, 5.74) is 0. The van der Waals surface area contributed by atoms with E-state index in [0.29, 0.717) is 19.4 Å². The topological polar surface area (TPSA) is 66.4 Å². The predicted octanol–water partition coefficient (Wildman–Crippen LogP) is 0.0306. The third kappa shape index (κ3) is 7.03. The van der Waals surface area contributed by atoms with Gasteiger partial charge in [-0.1, -0.05) is 0 Å². The predicted molar refractivity (Wildman–Crippen MR) is 57.5 cm³/mol. The van der Waals surface area contributed by atoms with Gasteiger partial charge >= 0.3 is 0 Å². The van der Waals surface area contributed by atoms with Crippen molar-refractivity contribution in [3.05, 3.63) is 0 Å². The molecule has 0 heterocycles. The molecule has 3 unspecified atom stereocenters. The highest BCUT2D eigenvalue weighted by atomic mass is 32.2. The maximum absolute atomic E-state index is 11.2. The summed E-state index contributed by atoms with van der Waals surface area (Å²) in [5.74, 6) is -0.0943. The van der Waals surface area contributed by atoms with E-state index in [1.165, 1.54) is 0 Å². The molecule has 3 atom stereocenters. The molecule has 0 aliphatic carbocycles. The number of nitrogens with one attached hydrogen (secondary N) is 1. The maximum Gasteiger partial charge on any atom is 0.220 e. The summed E-state index contributed by atoms with van der Waals surface area (Å²) >= 11 is 0. The molecular weight excluding hydrogens is 202 g/mol. The molecule has 14 heavy (non-hydrogen) atoms. The van der Waals surface area contributed by atoms with Crippen molar-refractivity contribution in [1.29, 1.82) is 0 Å². The minimum Gasteiger partial charge on any atom is -0.393 e. The molecule has 84 valence electrons. The summed E-state index contributed by atoms with van der Waals surface area (Å²) in [7, 11) is -0.904. The second kappa shape index (κ2) is 6.95. The van der Waals surface area contributed by atoms with Gasteiger partial charge in [-0.2, -0.15) is 0 Å². The summed E-state index contributed by atoms with van der Waals surface area (Å²) < 4.78 is 10.9. The molecule has 0 radical (unpaired) electrons. The number of carbonyl (C=O) groups excluding carboxylic acids is 1. The molecule has 0 aromatic carbocycles. The van der Waals surface area contributed by atoms with Crippen LogP contribution in [0.3, 0.4) is 0 Å². The molecule has 0 aliphatic rings. The van der Waals surface area contributed by atoms with Crippen LogP contribution in [-0.4, -0.2) is 39.4 Å². The van der Waals surface area contributed by atoms with E-state index in [1.807, 2.05) is 6.92 Å². The van der Waals surface area contributed by atoms with Crippen LogP contribution < -0.4 is 5.32 Å². The van der Waals surface area contributed by atoms with E-state index in [0.717, 1.165) is 0 Å². The first kappa shape index (κ1) is 13.6. The first-order chi connectivity index (χ1) is 6.43. The molecule has 5 heteroatoms. The first-order valence-corrected chi connectivity index (χ1v) is 6.32. The van der Waals surface area contributed by atoms with Crippen LogP contribution in [0.2, 0.25) is 0 Å². The first-order valence-electron chi connectivity index (χ1n) is 4.70. The van der Waals surface area contributed by atoms with Crippen LogP contribution in [-0.2, 0) is 15.6 Å². The Hall–Kier alpha value is -0.420. The zero-order valence-electron chi connectivity index (χ0n) is 8.95. The Balaban J connectivity index is 3.59. The lowest BCUT2D eigenvalue weighted by Gasteiger charge is -2.10. The molecule has 0 saturated heterocycles. The number of hydrogen-bond acceptors (Lipinski definition) is 3. The van der Waals surface area contributed by atoms with Gasteiger partial charge in [-0.3, -0.25) is 9.00 Å². The van der Waals surface area contributed by atoms with Gasteiger partial charge in [0.05, 0.1) is 6.10 Å². The average molecular weight is 221 g/mol. The minimum absolute atomic E-state index is 0.0227. The van der Waals surface area contributed by atoms with E-state index in [9.17, 15) is 9.00 Å². The van der Waals surface area contributed by atoms with Crippen molar-refractivity contribution in [3.63, 3.8) is 0 Å². The fourth-order valence-corrected chi connectivity index (χ4v) is 1.12. The van der Waals surface area contributed by atoms with Gasteiger partial charge in [0.1, 0.15) is 0 Å². The summed E-state index contributed by atoms with van der Waals surface area (Å²) in [6, 6.07) is 0.